The first kappa shape index (κ1) is 22.7. The van der Waals surface area contributed by atoms with Gasteiger partial charge in [0.25, 0.3) is 0 Å². The van der Waals surface area contributed by atoms with E-state index in [0.29, 0.717) is 19.7 Å². The van der Waals surface area contributed by atoms with Crippen molar-refractivity contribution in [3.05, 3.63) is 71.8 Å². The van der Waals surface area contributed by atoms with E-state index in [1.165, 1.54) is 0 Å². The van der Waals surface area contributed by atoms with E-state index >= 15 is 0 Å². The first-order valence-electron chi connectivity index (χ1n) is 9.26. The minimum absolute atomic E-state index is 0. The van der Waals surface area contributed by atoms with Crippen molar-refractivity contribution in [2.24, 2.45) is 4.99 Å². The minimum Gasteiger partial charge on any atom is -0.490 e. The molecule has 2 heterocycles. The number of pyridine rings is 1. The van der Waals surface area contributed by atoms with Crippen molar-refractivity contribution in [3.8, 4) is 11.4 Å². The molecular formula is C21H27IN6O. The van der Waals surface area contributed by atoms with Gasteiger partial charge in [-0.15, -0.1) is 24.0 Å². The second-order valence-corrected chi connectivity index (χ2v) is 6.36. The zero-order chi connectivity index (χ0) is 19.8. The molecule has 0 saturated heterocycles. The average Bonchev–Trinajstić information content (AvgIpc) is 3.06. The number of hydrogen-bond acceptors (Lipinski definition) is 4. The predicted octanol–water partition coefficient (Wildman–Crippen LogP) is 3.25. The molecule has 0 aliphatic rings. The van der Waals surface area contributed by atoms with Crippen LogP contribution in [0.15, 0.2) is 59.9 Å². The van der Waals surface area contributed by atoms with Crippen LogP contribution in [0.25, 0.3) is 5.69 Å². The number of nitrogens with zero attached hydrogens (tertiary/aromatic N) is 4. The van der Waals surface area contributed by atoms with E-state index in [1.807, 2.05) is 35.9 Å². The lowest BCUT2D eigenvalue weighted by Gasteiger charge is -2.15. The topological polar surface area (TPSA) is 76.4 Å². The molecule has 0 aliphatic heterocycles. The van der Waals surface area contributed by atoms with Gasteiger partial charge in [0, 0.05) is 25.5 Å². The van der Waals surface area contributed by atoms with Crippen molar-refractivity contribution in [3.63, 3.8) is 0 Å². The monoisotopic (exact) mass is 506 g/mol. The number of halogens is 1. The fraction of sp³-hybridized carbons (Fsp3) is 0.286. The zero-order valence-electron chi connectivity index (χ0n) is 16.9. The van der Waals surface area contributed by atoms with E-state index < -0.39 is 0 Å². The van der Waals surface area contributed by atoms with Gasteiger partial charge in [0.2, 0.25) is 0 Å². The van der Waals surface area contributed by atoms with E-state index in [-0.39, 0.29) is 24.0 Å². The van der Waals surface area contributed by atoms with Gasteiger partial charge in [-0.1, -0.05) is 18.2 Å². The largest absolute Gasteiger partial charge is 0.490 e. The molecule has 0 saturated carbocycles. The molecule has 1 aromatic carbocycles. The molecule has 0 radical (unpaired) electrons. The first-order valence-corrected chi connectivity index (χ1v) is 9.26. The Morgan fingerprint density at radius 2 is 1.97 bits per heavy atom. The maximum atomic E-state index is 5.64. The highest BCUT2D eigenvalue weighted by Gasteiger charge is 2.09. The maximum Gasteiger partial charge on any atom is 0.191 e. The summed E-state index contributed by atoms with van der Waals surface area (Å²) in [7, 11) is 1.75. The van der Waals surface area contributed by atoms with Crippen LogP contribution in [-0.4, -0.2) is 40.9 Å². The number of benzene rings is 1. The number of aromatic nitrogens is 3. The molecule has 7 nitrogen and oxygen atoms in total. The highest BCUT2D eigenvalue weighted by Crippen LogP contribution is 2.16. The van der Waals surface area contributed by atoms with E-state index in [4.69, 9.17) is 4.74 Å². The summed E-state index contributed by atoms with van der Waals surface area (Å²) in [5.41, 5.74) is 4.32. The van der Waals surface area contributed by atoms with Crippen molar-refractivity contribution >= 4 is 29.9 Å². The van der Waals surface area contributed by atoms with Gasteiger partial charge in [-0.25, -0.2) is 4.68 Å². The normalized spacial score (nSPS) is 10.9. The fourth-order valence-corrected chi connectivity index (χ4v) is 2.91. The van der Waals surface area contributed by atoms with Gasteiger partial charge in [0.05, 0.1) is 24.1 Å². The fourth-order valence-electron chi connectivity index (χ4n) is 2.91. The summed E-state index contributed by atoms with van der Waals surface area (Å²) in [6.45, 7) is 5.86. The molecule has 3 rings (SSSR count). The maximum absolute atomic E-state index is 5.64. The Morgan fingerprint density at radius 3 is 2.66 bits per heavy atom. The summed E-state index contributed by atoms with van der Waals surface area (Å²) in [5, 5.41) is 11.2. The highest BCUT2D eigenvalue weighted by molar-refractivity contribution is 14.0. The standard InChI is InChI=1S/C21H26N6O.HI/c1-16-13-17(2)27(26-16)20-9-5-4-7-18(20)14-25-21(22-3)24-11-12-28-19-8-6-10-23-15-19;/h4-10,13,15H,11-12,14H2,1-3H3,(H2,22,24,25);1H. The summed E-state index contributed by atoms with van der Waals surface area (Å²) in [5.74, 6) is 1.48. The molecule has 0 aliphatic carbocycles. The molecule has 2 aromatic heterocycles. The second-order valence-electron chi connectivity index (χ2n) is 6.36. The lowest BCUT2D eigenvalue weighted by atomic mass is 10.1. The third-order valence-electron chi connectivity index (χ3n) is 4.20. The minimum atomic E-state index is 0. The molecular weight excluding hydrogens is 479 g/mol. The van der Waals surface area contributed by atoms with Gasteiger partial charge in [-0.05, 0) is 43.7 Å². The smallest absolute Gasteiger partial charge is 0.191 e. The summed E-state index contributed by atoms with van der Waals surface area (Å²) >= 11 is 0. The summed E-state index contributed by atoms with van der Waals surface area (Å²) in [6, 6.07) is 14.0. The van der Waals surface area contributed by atoms with Gasteiger partial charge in [-0.2, -0.15) is 5.10 Å². The molecule has 154 valence electrons. The SMILES string of the molecule is CN=C(NCCOc1cccnc1)NCc1ccccc1-n1nc(C)cc1C.I. The molecule has 0 atom stereocenters. The van der Waals surface area contributed by atoms with Crippen molar-refractivity contribution in [2.75, 3.05) is 20.2 Å². The van der Waals surface area contributed by atoms with Crippen LogP contribution in [0.5, 0.6) is 5.75 Å². The molecule has 0 spiro atoms. The predicted molar refractivity (Wildman–Crippen MR) is 126 cm³/mol. The van der Waals surface area contributed by atoms with E-state index in [0.717, 1.165) is 34.3 Å². The number of guanidine groups is 1. The quantitative estimate of drug-likeness (QED) is 0.223. The Bertz CT molecular complexity index is 926. The number of ether oxygens (including phenoxy) is 1. The average molecular weight is 506 g/mol. The van der Waals surface area contributed by atoms with Crippen LogP contribution >= 0.6 is 24.0 Å². The Hall–Kier alpha value is -2.62. The Morgan fingerprint density at radius 1 is 1.14 bits per heavy atom. The van der Waals surface area contributed by atoms with E-state index in [1.54, 1.807) is 19.4 Å². The van der Waals surface area contributed by atoms with Crippen molar-refractivity contribution in [1.29, 1.82) is 0 Å². The summed E-state index contributed by atoms with van der Waals surface area (Å²) < 4.78 is 7.61. The van der Waals surface area contributed by atoms with Gasteiger partial charge in [0.1, 0.15) is 12.4 Å². The Kier molecular flexibility index (Phi) is 8.91. The summed E-state index contributed by atoms with van der Waals surface area (Å²) in [4.78, 5) is 8.31. The molecule has 0 fully saturated rings. The molecule has 2 N–H and O–H groups in total. The van der Waals surface area contributed by atoms with Crippen LogP contribution in [0.4, 0.5) is 0 Å². The van der Waals surface area contributed by atoms with Crippen LogP contribution in [0, 0.1) is 13.8 Å². The van der Waals surface area contributed by atoms with Crippen molar-refractivity contribution < 1.29 is 4.74 Å². The second kappa shape index (κ2) is 11.4. The van der Waals surface area contributed by atoms with Crippen LogP contribution in [0.3, 0.4) is 0 Å². The Balaban J connectivity index is 0.00000300. The number of rotatable bonds is 7. The van der Waals surface area contributed by atoms with Gasteiger partial charge >= 0.3 is 0 Å². The van der Waals surface area contributed by atoms with Crippen LogP contribution in [-0.2, 0) is 6.54 Å². The molecule has 8 heteroatoms. The molecule has 29 heavy (non-hydrogen) atoms. The molecule has 0 bridgehead atoms. The van der Waals surface area contributed by atoms with Gasteiger partial charge < -0.3 is 15.4 Å². The van der Waals surface area contributed by atoms with Crippen molar-refractivity contribution in [1.82, 2.24) is 25.4 Å². The van der Waals surface area contributed by atoms with Crippen LogP contribution in [0.2, 0.25) is 0 Å². The Labute approximate surface area is 188 Å². The lowest BCUT2D eigenvalue weighted by Crippen LogP contribution is -2.39. The lowest BCUT2D eigenvalue weighted by molar-refractivity contribution is 0.320. The third-order valence-corrected chi connectivity index (χ3v) is 4.20. The van der Waals surface area contributed by atoms with Crippen LogP contribution < -0.4 is 15.4 Å². The number of hydrogen-bond donors (Lipinski definition) is 2. The molecule has 3 aromatic rings. The summed E-state index contributed by atoms with van der Waals surface area (Å²) in [6.07, 6.45) is 3.42. The number of aliphatic imine (C=N–C) groups is 1. The number of aryl methyl sites for hydroxylation is 2. The highest BCUT2D eigenvalue weighted by atomic mass is 127. The number of nitrogens with one attached hydrogen (secondary N) is 2. The van der Waals surface area contributed by atoms with Gasteiger partial charge in [0.15, 0.2) is 5.96 Å². The van der Waals surface area contributed by atoms with Crippen molar-refractivity contribution in [2.45, 2.75) is 20.4 Å². The van der Waals surface area contributed by atoms with Crippen LogP contribution in [0.1, 0.15) is 17.0 Å². The van der Waals surface area contributed by atoms with E-state index in [2.05, 4.69) is 50.8 Å². The molecule has 0 amide bonds. The van der Waals surface area contributed by atoms with E-state index in [9.17, 15) is 0 Å². The first-order chi connectivity index (χ1) is 13.7. The number of para-hydroxylation sites is 1. The zero-order valence-corrected chi connectivity index (χ0v) is 19.3. The van der Waals surface area contributed by atoms with Gasteiger partial charge in [-0.3, -0.25) is 9.98 Å². The third kappa shape index (κ3) is 6.45. The molecule has 0 unspecified atom stereocenters.